The Morgan fingerprint density at radius 1 is 1.10 bits per heavy atom. The van der Waals surface area contributed by atoms with Crippen molar-refractivity contribution in [3.63, 3.8) is 0 Å². The van der Waals surface area contributed by atoms with Crippen molar-refractivity contribution in [2.75, 3.05) is 7.11 Å². The van der Waals surface area contributed by atoms with Crippen LogP contribution in [-0.2, 0) is 16.3 Å². The fourth-order valence-electron chi connectivity index (χ4n) is 3.43. The number of hydrogen-bond acceptors (Lipinski definition) is 4. The molecule has 3 rings (SSSR count). The maximum atomic E-state index is 13.8. The van der Waals surface area contributed by atoms with Gasteiger partial charge in [-0.1, -0.05) is 23.2 Å². The third-order valence-corrected chi connectivity index (χ3v) is 6.96. The van der Waals surface area contributed by atoms with Crippen molar-refractivity contribution in [3.05, 3.63) is 69.5 Å². The van der Waals surface area contributed by atoms with E-state index in [1.54, 1.807) is 24.1 Å². The van der Waals surface area contributed by atoms with Crippen molar-refractivity contribution < 1.29 is 13.2 Å². The highest BCUT2D eigenvalue weighted by Crippen LogP contribution is 2.39. The van der Waals surface area contributed by atoms with Crippen LogP contribution in [0, 0.1) is 6.92 Å². The minimum atomic E-state index is -3.92. The van der Waals surface area contributed by atoms with Crippen molar-refractivity contribution in [1.82, 2.24) is 9.55 Å². The summed E-state index contributed by atoms with van der Waals surface area (Å²) in [5.41, 5.74) is 2.41. The molecule has 0 radical (unpaired) electrons. The highest BCUT2D eigenvalue weighted by molar-refractivity contribution is 7.91. The molecule has 0 bridgehead atoms. The van der Waals surface area contributed by atoms with Gasteiger partial charge in [0.2, 0.25) is 9.84 Å². The second-order valence-corrected chi connectivity index (χ2v) is 9.76. The normalized spacial score (nSPS) is 11.8. The summed E-state index contributed by atoms with van der Waals surface area (Å²) in [6.07, 6.45) is 3.80. The number of halogens is 2. The van der Waals surface area contributed by atoms with Crippen LogP contribution < -0.4 is 4.74 Å². The molecule has 3 aromatic rings. The van der Waals surface area contributed by atoms with Crippen LogP contribution in [0.1, 0.15) is 36.6 Å². The summed E-state index contributed by atoms with van der Waals surface area (Å²) < 4.78 is 34.8. The van der Waals surface area contributed by atoms with Crippen molar-refractivity contribution in [2.24, 2.45) is 0 Å². The molecule has 0 atom stereocenters. The third-order valence-electron chi connectivity index (χ3n) is 4.71. The van der Waals surface area contributed by atoms with Crippen LogP contribution in [-0.4, -0.2) is 25.1 Å². The first-order chi connectivity index (χ1) is 13.7. The highest BCUT2D eigenvalue weighted by atomic mass is 35.5. The molecular formula is C21H22Cl2N2O3S. The monoisotopic (exact) mass is 452 g/mol. The summed E-state index contributed by atoms with van der Waals surface area (Å²) in [6.45, 7) is 5.71. The number of nitrogens with zero attached hydrogens (tertiary/aromatic N) is 2. The Morgan fingerprint density at radius 2 is 1.69 bits per heavy atom. The lowest BCUT2D eigenvalue weighted by Gasteiger charge is -2.17. The van der Waals surface area contributed by atoms with Gasteiger partial charge in [-0.3, -0.25) is 9.55 Å². The number of hydrogen-bond donors (Lipinski definition) is 0. The van der Waals surface area contributed by atoms with Crippen LogP contribution >= 0.6 is 23.2 Å². The van der Waals surface area contributed by atoms with Gasteiger partial charge in [0.25, 0.3) is 0 Å². The van der Waals surface area contributed by atoms with Gasteiger partial charge in [-0.25, -0.2) is 8.42 Å². The average molecular weight is 453 g/mol. The molecule has 0 fully saturated rings. The predicted molar refractivity (Wildman–Crippen MR) is 115 cm³/mol. The molecule has 5 nitrogen and oxygen atoms in total. The Morgan fingerprint density at radius 3 is 2.21 bits per heavy atom. The van der Waals surface area contributed by atoms with Gasteiger partial charge in [0.1, 0.15) is 5.03 Å². The topological polar surface area (TPSA) is 61.2 Å². The Balaban J connectivity index is 2.33. The number of ether oxygens (including phenoxy) is 1. The van der Waals surface area contributed by atoms with Gasteiger partial charge in [-0.05, 0) is 56.7 Å². The molecule has 2 heterocycles. The zero-order chi connectivity index (χ0) is 21.3. The summed E-state index contributed by atoms with van der Waals surface area (Å²) in [4.78, 5) is 4.09. The Hall–Kier alpha value is -2.02. The zero-order valence-corrected chi connectivity index (χ0v) is 18.9. The minimum absolute atomic E-state index is 0.0491. The van der Waals surface area contributed by atoms with E-state index < -0.39 is 9.84 Å². The molecule has 0 aliphatic carbocycles. The first-order valence-electron chi connectivity index (χ1n) is 9.04. The van der Waals surface area contributed by atoms with Crippen molar-refractivity contribution in [2.45, 2.75) is 43.2 Å². The van der Waals surface area contributed by atoms with Crippen molar-refractivity contribution in [3.8, 4) is 5.88 Å². The summed E-state index contributed by atoms with van der Waals surface area (Å²) >= 11 is 12.2. The Labute approximate surface area is 181 Å². The van der Waals surface area contributed by atoms with Crippen LogP contribution in [0.25, 0.3) is 0 Å². The highest BCUT2D eigenvalue weighted by Gasteiger charge is 2.33. The quantitative estimate of drug-likeness (QED) is 0.494. The molecule has 29 heavy (non-hydrogen) atoms. The zero-order valence-electron chi connectivity index (χ0n) is 16.6. The number of rotatable bonds is 6. The molecule has 0 saturated heterocycles. The molecule has 0 saturated carbocycles. The van der Waals surface area contributed by atoms with E-state index in [9.17, 15) is 8.42 Å². The van der Waals surface area contributed by atoms with Crippen LogP contribution in [0.3, 0.4) is 0 Å². The number of benzene rings is 1. The second kappa shape index (κ2) is 8.38. The number of pyridine rings is 1. The molecule has 0 aliphatic rings. The molecule has 2 aromatic heterocycles. The van der Waals surface area contributed by atoms with Gasteiger partial charge in [0, 0.05) is 46.0 Å². The number of aromatic nitrogens is 2. The molecule has 0 spiro atoms. The summed E-state index contributed by atoms with van der Waals surface area (Å²) in [5.74, 6) is 0.524. The maximum absolute atomic E-state index is 13.8. The van der Waals surface area contributed by atoms with Gasteiger partial charge in [-0.2, -0.15) is 0 Å². The van der Waals surface area contributed by atoms with Gasteiger partial charge < -0.3 is 4.74 Å². The van der Waals surface area contributed by atoms with Gasteiger partial charge in [-0.15, -0.1) is 0 Å². The number of methoxy groups -OCH3 is 1. The molecule has 8 heteroatoms. The van der Waals surface area contributed by atoms with E-state index in [0.29, 0.717) is 17.9 Å². The van der Waals surface area contributed by atoms with E-state index in [1.807, 2.05) is 32.9 Å². The molecular weight excluding hydrogens is 431 g/mol. The molecule has 0 N–H and O–H groups in total. The standard InChI is InChI=1S/C21H22Cl2N2O3S/c1-13(2)25-20(28-4)14(3)19(9-15-5-7-24-8-6-15)21(25)29(26,27)18-11-16(22)10-17(23)12-18/h5-8,10-13H,9H2,1-4H3. The van der Waals surface area contributed by atoms with E-state index in [1.165, 1.54) is 18.2 Å². The van der Waals surface area contributed by atoms with Crippen LogP contribution in [0.15, 0.2) is 52.6 Å². The van der Waals surface area contributed by atoms with Gasteiger partial charge >= 0.3 is 0 Å². The van der Waals surface area contributed by atoms with E-state index >= 15 is 0 Å². The number of sulfone groups is 1. The van der Waals surface area contributed by atoms with Crippen LogP contribution in [0.5, 0.6) is 5.88 Å². The smallest absolute Gasteiger partial charge is 0.222 e. The van der Waals surface area contributed by atoms with Gasteiger partial charge in [0.15, 0.2) is 5.88 Å². The van der Waals surface area contributed by atoms with E-state index in [4.69, 9.17) is 27.9 Å². The molecule has 0 amide bonds. The first kappa shape index (κ1) is 21.7. The summed E-state index contributed by atoms with van der Waals surface area (Å²) in [6, 6.07) is 7.93. The third kappa shape index (κ3) is 4.15. The largest absolute Gasteiger partial charge is 0.482 e. The molecule has 0 unspecified atom stereocenters. The van der Waals surface area contributed by atoms with Crippen LogP contribution in [0.2, 0.25) is 10.0 Å². The molecule has 0 aliphatic heterocycles. The molecule has 1 aromatic carbocycles. The Kier molecular flexibility index (Phi) is 6.27. The van der Waals surface area contributed by atoms with Gasteiger partial charge in [0.05, 0.1) is 12.0 Å². The fraction of sp³-hybridized carbons (Fsp3) is 0.286. The lowest BCUT2D eigenvalue weighted by Crippen LogP contribution is -2.15. The van der Waals surface area contributed by atoms with Crippen LogP contribution in [0.4, 0.5) is 0 Å². The first-order valence-corrected chi connectivity index (χ1v) is 11.3. The van der Waals surface area contributed by atoms with E-state index in [0.717, 1.165) is 11.1 Å². The lowest BCUT2D eigenvalue weighted by atomic mass is 10.1. The van der Waals surface area contributed by atoms with E-state index in [-0.39, 0.29) is 26.0 Å². The van der Waals surface area contributed by atoms with E-state index in [2.05, 4.69) is 4.98 Å². The SMILES string of the molecule is COc1c(C)c(Cc2ccncc2)c(S(=O)(=O)c2cc(Cl)cc(Cl)c2)n1C(C)C. The average Bonchev–Trinajstić information content (AvgIpc) is 2.94. The summed E-state index contributed by atoms with van der Waals surface area (Å²) in [5, 5.41) is 0.716. The minimum Gasteiger partial charge on any atom is -0.482 e. The Bertz CT molecular complexity index is 1120. The summed E-state index contributed by atoms with van der Waals surface area (Å²) in [7, 11) is -2.38. The molecule has 154 valence electrons. The maximum Gasteiger partial charge on any atom is 0.222 e. The lowest BCUT2D eigenvalue weighted by molar-refractivity contribution is 0.348. The fourth-order valence-corrected chi connectivity index (χ4v) is 5.97. The predicted octanol–water partition coefficient (Wildman–Crippen LogP) is 5.51. The van der Waals surface area contributed by atoms with Crippen molar-refractivity contribution >= 4 is 33.0 Å². The van der Waals surface area contributed by atoms with Crippen molar-refractivity contribution in [1.29, 1.82) is 0 Å². The second-order valence-electron chi connectivity index (χ2n) is 7.02.